The first kappa shape index (κ1) is 13.5. The number of nitrogen functional groups attached to an aromatic ring is 1. The van der Waals surface area contributed by atoms with E-state index >= 15 is 0 Å². The molecule has 5 heteroatoms. The molecule has 1 heterocycles. The van der Waals surface area contributed by atoms with Crippen LogP contribution in [0.4, 0.5) is 5.69 Å². The van der Waals surface area contributed by atoms with E-state index in [1.54, 1.807) is 7.11 Å². The zero-order valence-electron chi connectivity index (χ0n) is 11.3. The van der Waals surface area contributed by atoms with E-state index < -0.39 is 0 Å². The maximum absolute atomic E-state index is 11.9. The van der Waals surface area contributed by atoms with Crippen LogP contribution in [-0.4, -0.2) is 36.9 Å². The quantitative estimate of drug-likeness (QED) is 0.835. The largest absolute Gasteiger partial charge is 0.399 e. The van der Waals surface area contributed by atoms with Crippen LogP contribution in [0.2, 0.25) is 0 Å². The van der Waals surface area contributed by atoms with Gasteiger partial charge in [0.25, 0.3) is 0 Å². The summed E-state index contributed by atoms with van der Waals surface area (Å²) in [7, 11) is 1.61. The average molecular weight is 261 g/mol. The van der Waals surface area contributed by atoms with Crippen molar-refractivity contribution in [3.63, 3.8) is 0 Å². The van der Waals surface area contributed by atoms with Gasteiger partial charge < -0.3 is 10.5 Å². The lowest BCUT2D eigenvalue weighted by Crippen LogP contribution is -2.38. The topological polar surface area (TPSA) is 67.9 Å². The number of anilines is 1. The number of carbonyl (C=O) groups is 1. The highest BCUT2D eigenvalue weighted by Gasteiger charge is 2.26. The first-order valence-electron chi connectivity index (χ1n) is 6.35. The van der Waals surface area contributed by atoms with Crippen molar-refractivity contribution < 1.29 is 9.53 Å². The second kappa shape index (κ2) is 5.84. The van der Waals surface area contributed by atoms with Gasteiger partial charge >= 0.3 is 0 Å². The van der Waals surface area contributed by atoms with Gasteiger partial charge in [0.15, 0.2) is 0 Å². The van der Waals surface area contributed by atoms with Crippen LogP contribution >= 0.6 is 0 Å². The summed E-state index contributed by atoms with van der Waals surface area (Å²) in [6, 6.07) is 7.57. The number of hydrogen-bond donors (Lipinski definition) is 1. The van der Waals surface area contributed by atoms with Gasteiger partial charge in [0.05, 0.1) is 18.9 Å². The minimum absolute atomic E-state index is 0.0451. The number of nitrogens with two attached hydrogens (primary N) is 1. The van der Waals surface area contributed by atoms with Crippen molar-refractivity contribution in [2.75, 3.05) is 26.0 Å². The Hall–Kier alpha value is -1.88. The van der Waals surface area contributed by atoms with Crippen LogP contribution in [0.15, 0.2) is 29.4 Å². The Balaban J connectivity index is 2.25. The lowest BCUT2D eigenvalue weighted by molar-refractivity contribution is -0.133. The van der Waals surface area contributed by atoms with Gasteiger partial charge in [-0.1, -0.05) is 19.1 Å². The molecular weight excluding hydrogens is 242 g/mol. The summed E-state index contributed by atoms with van der Waals surface area (Å²) in [5.74, 6) is 0.165. The lowest BCUT2D eigenvalue weighted by atomic mass is 9.93. The van der Waals surface area contributed by atoms with Crippen LogP contribution in [-0.2, 0) is 9.53 Å². The molecule has 0 radical (unpaired) electrons. The van der Waals surface area contributed by atoms with Crippen molar-refractivity contribution in [3.8, 4) is 0 Å². The highest BCUT2D eigenvalue weighted by atomic mass is 16.5. The van der Waals surface area contributed by atoms with Crippen molar-refractivity contribution in [2.24, 2.45) is 11.0 Å². The van der Waals surface area contributed by atoms with Gasteiger partial charge in [-0.25, -0.2) is 5.01 Å². The first-order chi connectivity index (χ1) is 9.11. The van der Waals surface area contributed by atoms with Gasteiger partial charge in [-0.2, -0.15) is 5.10 Å². The third kappa shape index (κ3) is 3.12. The Morgan fingerprint density at radius 1 is 1.42 bits per heavy atom. The van der Waals surface area contributed by atoms with Crippen molar-refractivity contribution in [2.45, 2.75) is 13.3 Å². The summed E-state index contributed by atoms with van der Waals surface area (Å²) in [5, 5.41) is 5.96. The average Bonchev–Trinajstić information content (AvgIpc) is 2.39. The predicted molar refractivity (Wildman–Crippen MR) is 74.8 cm³/mol. The van der Waals surface area contributed by atoms with E-state index in [2.05, 4.69) is 5.10 Å². The van der Waals surface area contributed by atoms with Crippen molar-refractivity contribution in [1.29, 1.82) is 0 Å². The zero-order valence-corrected chi connectivity index (χ0v) is 11.3. The van der Waals surface area contributed by atoms with Crippen LogP contribution in [0.5, 0.6) is 0 Å². The molecule has 0 saturated carbocycles. The third-order valence-electron chi connectivity index (χ3n) is 3.18. The van der Waals surface area contributed by atoms with Gasteiger partial charge in [0.1, 0.15) is 0 Å². The second-order valence-electron chi connectivity index (χ2n) is 4.72. The molecule has 0 aromatic heterocycles. The van der Waals surface area contributed by atoms with E-state index in [0.29, 0.717) is 19.6 Å². The lowest BCUT2D eigenvalue weighted by Gasteiger charge is -2.27. The normalized spacial score (nSPS) is 19.5. The van der Waals surface area contributed by atoms with Crippen molar-refractivity contribution >= 4 is 17.3 Å². The maximum atomic E-state index is 11.9. The summed E-state index contributed by atoms with van der Waals surface area (Å²) in [6.07, 6.45) is 0.479. The fraction of sp³-hybridized carbons (Fsp3) is 0.429. The Kier molecular flexibility index (Phi) is 4.16. The molecular formula is C14H19N3O2. The molecule has 19 heavy (non-hydrogen) atoms. The minimum atomic E-state index is 0.0451. The number of benzene rings is 1. The molecule has 2 N–H and O–H groups in total. The zero-order chi connectivity index (χ0) is 13.8. The molecule has 0 bridgehead atoms. The molecule has 5 nitrogen and oxygen atoms in total. The van der Waals surface area contributed by atoms with E-state index in [-0.39, 0.29) is 11.8 Å². The standard InChI is InChI=1S/C14H19N3O2/c1-10-9-13(18)17(7-8-19-2)16-14(10)11-3-5-12(15)6-4-11/h3-6,10H,7-9,15H2,1-2H3/t10-/m1/s1. The molecule has 1 aliphatic heterocycles. The number of amides is 1. The molecule has 1 aliphatic rings. The Labute approximate surface area is 113 Å². The Morgan fingerprint density at radius 2 is 2.11 bits per heavy atom. The molecule has 2 rings (SSSR count). The molecule has 0 spiro atoms. The molecule has 0 fully saturated rings. The van der Waals surface area contributed by atoms with Gasteiger partial charge in [0, 0.05) is 25.1 Å². The third-order valence-corrected chi connectivity index (χ3v) is 3.18. The van der Waals surface area contributed by atoms with Crippen molar-refractivity contribution in [1.82, 2.24) is 5.01 Å². The number of methoxy groups -OCH3 is 1. The Morgan fingerprint density at radius 3 is 2.74 bits per heavy atom. The van der Waals surface area contributed by atoms with Crippen LogP contribution in [0, 0.1) is 5.92 Å². The Bertz CT molecular complexity index is 482. The van der Waals surface area contributed by atoms with Crippen molar-refractivity contribution in [3.05, 3.63) is 29.8 Å². The van der Waals surface area contributed by atoms with Gasteiger partial charge in [-0.15, -0.1) is 0 Å². The number of hydrazone groups is 1. The fourth-order valence-corrected chi connectivity index (χ4v) is 2.10. The van der Waals surface area contributed by atoms with Gasteiger partial charge in [0.2, 0.25) is 5.91 Å². The molecule has 1 aromatic rings. The fourth-order valence-electron chi connectivity index (χ4n) is 2.10. The minimum Gasteiger partial charge on any atom is -0.399 e. The smallest absolute Gasteiger partial charge is 0.243 e. The monoisotopic (exact) mass is 261 g/mol. The van der Waals surface area contributed by atoms with Crippen LogP contribution in [0.25, 0.3) is 0 Å². The number of carbonyl (C=O) groups excluding carboxylic acids is 1. The number of rotatable bonds is 4. The summed E-state index contributed by atoms with van der Waals surface area (Å²) in [6.45, 7) is 2.99. The van der Waals surface area contributed by atoms with E-state index in [0.717, 1.165) is 17.0 Å². The summed E-state index contributed by atoms with van der Waals surface area (Å²) in [4.78, 5) is 11.9. The van der Waals surface area contributed by atoms with Crippen LogP contribution < -0.4 is 5.73 Å². The maximum Gasteiger partial charge on any atom is 0.243 e. The van der Waals surface area contributed by atoms with E-state index in [1.807, 2.05) is 31.2 Å². The molecule has 1 amide bonds. The van der Waals surface area contributed by atoms with Crippen LogP contribution in [0.1, 0.15) is 18.9 Å². The molecule has 0 aliphatic carbocycles. The molecule has 0 unspecified atom stereocenters. The SMILES string of the molecule is COCCN1N=C(c2ccc(N)cc2)[C@H](C)CC1=O. The van der Waals surface area contributed by atoms with Gasteiger partial charge in [-0.05, 0) is 17.7 Å². The summed E-state index contributed by atoms with van der Waals surface area (Å²) < 4.78 is 5.00. The summed E-state index contributed by atoms with van der Waals surface area (Å²) in [5.41, 5.74) is 8.34. The molecule has 1 atom stereocenters. The number of hydrogen-bond acceptors (Lipinski definition) is 4. The predicted octanol–water partition coefficient (Wildman–Crippen LogP) is 1.49. The van der Waals surface area contributed by atoms with Gasteiger partial charge in [-0.3, -0.25) is 4.79 Å². The highest BCUT2D eigenvalue weighted by molar-refractivity contribution is 6.05. The molecule has 1 aromatic carbocycles. The number of ether oxygens (including phenoxy) is 1. The van der Waals surface area contributed by atoms with E-state index in [1.165, 1.54) is 5.01 Å². The summed E-state index contributed by atoms with van der Waals surface area (Å²) >= 11 is 0. The molecule has 102 valence electrons. The van der Waals surface area contributed by atoms with E-state index in [9.17, 15) is 4.79 Å². The number of nitrogens with zero attached hydrogens (tertiary/aromatic N) is 2. The van der Waals surface area contributed by atoms with Crippen LogP contribution in [0.3, 0.4) is 0 Å². The first-order valence-corrected chi connectivity index (χ1v) is 6.35. The molecule has 0 saturated heterocycles. The highest BCUT2D eigenvalue weighted by Crippen LogP contribution is 2.21. The second-order valence-corrected chi connectivity index (χ2v) is 4.72. The van der Waals surface area contributed by atoms with E-state index in [4.69, 9.17) is 10.5 Å².